The molecule has 1 unspecified atom stereocenters. The number of carbonyl (C=O) groups excluding carboxylic acids is 1. The van der Waals surface area contributed by atoms with Gasteiger partial charge in [0.1, 0.15) is 0 Å². The van der Waals surface area contributed by atoms with Crippen molar-refractivity contribution in [2.75, 3.05) is 13.6 Å². The van der Waals surface area contributed by atoms with Gasteiger partial charge >= 0.3 is 12.1 Å². The molecule has 1 atom stereocenters. The van der Waals surface area contributed by atoms with Crippen molar-refractivity contribution in [1.29, 1.82) is 0 Å². The van der Waals surface area contributed by atoms with E-state index in [2.05, 4.69) is 39.6 Å². The van der Waals surface area contributed by atoms with Crippen molar-refractivity contribution in [3.8, 4) is 0 Å². The van der Waals surface area contributed by atoms with E-state index in [4.69, 9.17) is 9.90 Å². The van der Waals surface area contributed by atoms with E-state index in [-0.39, 0.29) is 11.9 Å². The van der Waals surface area contributed by atoms with Gasteiger partial charge in [-0.15, -0.1) is 0 Å². The number of aliphatic carboxylic acids is 1. The summed E-state index contributed by atoms with van der Waals surface area (Å²) < 4.78 is 33.7. The third-order valence-electron chi connectivity index (χ3n) is 4.14. The summed E-state index contributed by atoms with van der Waals surface area (Å²) in [5, 5.41) is 14.2. The summed E-state index contributed by atoms with van der Waals surface area (Å²) in [5.41, 5.74) is 2.47. The summed E-state index contributed by atoms with van der Waals surface area (Å²) in [6, 6.07) is 12.6. The zero-order valence-electron chi connectivity index (χ0n) is 15.2. The number of benzene rings is 1. The Balaban J connectivity index is 0.000000345. The minimum atomic E-state index is -5.08. The first-order chi connectivity index (χ1) is 13.2. The van der Waals surface area contributed by atoms with E-state index in [1.165, 1.54) is 11.3 Å². The number of nitrogens with one attached hydrogen (secondary N) is 1. The van der Waals surface area contributed by atoms with Crippen LogP contribution in [0.15, 0.2) is 42.6 Å². The maximum Gasteiger partial charge on any atom is 0.490 e. The normalized spacial score (nSPS) is 16.5. The van der Waals surface area contributed by atoms with Gasteiger partial charge in [0.25, 0.3) is 0 Å². The SMILES string of the molecule is CNC(=O)CC1CN(Cc2ccccc2)Cc2ccnn21.O=C(O)C(F)(F)F. The lowest BCUT2D eigenvalue weighted by Gasteiger charge is -2.33. The number of fused-ring (bicyclic) bond motifs is 1. The first-order valence-corrected chi connectivity index (χ1v) is 8.50. The zero-order valence-corrected chi connectivity index (χ0v) is 15.2. The van der Waals surface area contributed by atoms with Crippen molar-refractivity contribution >= 4 is 11.9 Å². The van der Waals surface area contributed by atoms with Gasteiger partial charge in [0, 0.05) is 32.9 Å². The second-order valence-electron chi connectivity index (χ2n) is 6.26. The Kier molecular flexibility index (Phi) is 7.16. The molecule has 1 amide bonds. The molecule has 1 aromatic heterocycles. The molecule has 1 aliphatic heterocycles. The molecule has 0 radical (unpaired) electrons. The first kappa shape index (κ1) is 21.4. The molecule has 3 rings (SSSR count). The number of hydrogen-bond acceptors (Lipinski definition) is 4. The molecule has 0 spiro atoms. The van der Waals surface area contributed by atoms with Crippen molar-refractivity contribution in [3.63, 3.8) is 0 Å². The molecule has 10 heteroatoms. The van der Waals surface area contributed by atoms with Crippen LogP contribution in [0.1, 0.15) is 23.7 Å². The number of carboxylic acids is 1. The van der Waals surface area contributed by atoms with Crippen LogP contribution in [0, 0.1) is 0 Å². The Morgan fingerprint density at radius 2 is 1.89 bits per heavy atom. The minimum Gasteiger partial charge on any atom is -0.475 e. The summed E-state index contributed by atoms with van der Waals surface area (Å²) in [7, 11) is 1.68. The summed E-state index contributed by atoms with van der Waals surface area (Å²) in [6.07, 6.45) is -2.80. The topological polar surface area (TPSA) is 87.5 Å². The van der Waals surface area contributed by atoms with E-state index in [1.54, 1.807) is 7.05 Å². The van der Waals surface area contributed by atoms with Gasteiger partial charge in [-0.3, -0.25) is 14.4 Å². The first-order valence-electron chi connectivity index (χ1n) is 8.50. The standard InChI is InChI=1S/C16H20N4O.C2HF3O2/c1-17-16(21)9-15-12-19(10-13-5-3-2-4-6-13)11-14-7-8-18-20(14)15;3-2(4,5)1(6)7/h2-8,15H,9-12H2,1H3,(H,17,21);(H,6,7). The van der Waals surface area contributed by atoms with Crippen LogP contribution in [-0.4, -0.2) is 51.4 Å². The lowest BCUT2D eigenvalue weighted by Crippen LogP contribution is -2.39. The fraction of sp³-hybridized carbons (Fsp3) is 0.389. The van der Waals surface area contributed by atoms with E-state index in [1.807, 2.05) is 23.0 Å². The molecule has 1 aromatic carbocycles. The molecule has 2 aromatic rings. The number of carbonyl (C=O) groups is 2. The molecule has 0 saturated heterocycles. The smallest absolute Gasteiger partial charge is 0.475 e. The molecule has 2 heterocycles. The van der Waals surface area contributed by atoms with E-state index in [0.717, 1.165) is 19.6 Å². The van der Waals surface area contributed by atoms with Crippen molar-refractivity contribution in [1.82, 2.24) is 20.0 Å². The fourth-order valence-corrected chi connectivity index (χ4v) is 2.89. The van der Waals surface area contributed by atoms with Gasteiger partial charge in [-0.1, -0.05) is 30.3 Å². The Bertz CT molecular complexity index is 793. The maximum atomic E-state index is 11.7. The van der Waals surface area contributed by atoms with Gasteiger partial charge in [0.05, 0.1) is 18.2 Å². The summed E-state index contributed by atoms with van der Waals surface area (Å²) >= 11 is 0. The number of nitrogens with zero attached hydrogens (tertiary/aromatic N) is 3. The molecule has 1 aliphatic rings. The van der Waals surface area contributed by atoms with Crippen LogP contribution in [-0.2, 0) is 22.7 Å². The molecule has 2 N–H and O–H groups in total. The van der Waals surface area contributed by atoms with Gasteiger partial charge in [-0.05, 0) is 11.6 Å². The average Bonchev–Trinajstić information content (AvgIpc) is 3.11. The number of carboxylic acid groups (broad SMARTS) is 1. The third kappa shape index (κ3) is 6.08. The van der Waals surface area contributed by atoms with E-state index < -0.39 is 12.1 Å². The maximum absolute atomic E-state index is 11.7. The number of aromatic nitrogens is 2. The fourth-order valence-electron chi connectivity index (χ4n) is 2.89. The molecule has 28 heavy (non-hydrogen) atoms. The van der Waals surface area contributed by atoms with Crippen molar-refractivity contribution in [3.05, 3.63) is 53.9 Å². The average molecular weight is 398 g/mol. The van der Waals surface area contributed by atoms with Crippen molar-refractivity contribution < 1.29 is 27.9 Å². The number of amides is 1. The largest absolute Gasteiger partial charge is 0.490 e. The highest BCUT2D eigenvalue weighted by Gasteiger charge is 2.38. The molecule has 0 aliphatic carbocycles. The van der Waals surface area contributed by atoms with Crippen LogP contribution >= 0.6 is 0 Å². The molecular weight excluding hydrogens is 377 g/mol. The highest BCUT2D eigenvalue weighted by Crippen LogP contribution is 2.24. The van der Waals surface area contributed by atoms with Crippen LogP contribution in [0.3, 0.4) is 0 Å². The minimum absolute atomic E-state index is 0.0583. The lowest BCUT2D eigenvalue weighted by atomic mass is 10.1. The van der Waals surface area contributed by atoms with Gasteiger partial charge in [0.15, 0.2) is 0 Å². The highest BCUT2D eigenvalue weighted by molar-refractivity contribution is 5.76. The third-order valence-corrected chi connectivity index (χ3v) is 4.14. The van der Waals surface area contributed by atoms with Crippen LogP contribution in [0.4, 0.5) is 13.2 Å². The molecular formula is C18H21F3N4O3. The second-order valence-corrected chi connectivity index (χ2v) is 6.26. The molecule has 152 valence electrons. The second kappa shape index (κ2) is 9.36. The molecule has 0 fully saturated rings. The van der Waals surface area contributed by atoms with Crippen molar-refractivity contribution in [2.45, 2.75) is 31.7 Å². The Labute approximate surface area is 159 Å². The highest BCUT2D eigenvalue weighted by atomic mass is 19.4. The number of halogens is 3. The van der Waals surface area contributed by atoms with Crippen LogP contribution in [0.5, 0.6) is 0 Å². The van der Waals surface area contributed by atoms with Crippen LogP contribution in [0.25, 0.3) is 0 Å². The van der Waals surface area contributed by atoms with Crippen LogP contribution < -0.4 is 5.32 Å². The van der Waals surface area contributed by atoms with Gasteiger partial charge in [0.2, 0.25) is 5.91 Å². The molecule has 7 nitrogen and oxygen atoms in total. The number of alkyl halides is 3. The monoisotopic (exact) mass is 398 g/mol. The number of rotatable bonds is 4. The lowest BCUT2D eigenvalue weighted by molar-refractivity contribution is -0.192. The van der Waals surface area contributed by atoms with Crippen LogP contribution in [0.2, 0.25) is 0 Å². The predicted molar refractivity (Wildman–Crippen MR) is 94.2 cm³/mol. The Morgan fingerprint density at radius 3 is 2.46 bits per heavy atom. The van der Waals surface area contributed by atoms with E-state index in [9.17, 15) is 18.0 Å². The molecule has 0 saturated carbocycles. The van der Waals surface area contributed by atoms with Gasteiger partial charge in [-0.25, -0.2) is 4.79 Å². The van der Waals surface area contributed by atoms with E-state index >= 15 is 0 Å². The van der Waals surface area contributed by atoms with Gasteiger partial charge in [-0.2, -0.15) is 18.3 Å². The number of hydrogen-bond donors (Lipinski definition) is 2. The zero-order chi connectivity index (χ0) is 20.7. The summed E-state index contributed by atoms with van der Waals surface area (Å²) in [5.74, 6) is -2.70. The van der Waals surface area contributed by atoms with E-state index in [0.29, 0.717) is 6.42 Å². The summed E-state index contributed by atoms with van der Waals surface area (Å²) in [4.78, 5) is 23.0. The molecule has 0 bridgehead atoms. The quantitative estimate of drug-likeness (QED) is 0.825. The Hall–Kier alpha value is -2.88. The summed E-state index contributed by atoms with van der Waals surface area (Å²) in [6.45, 7) is 2.62. The van der Waals surface area contributed by atoms with Gasteiger partial charge < -0.3 is 10.4 Å². The van der Waals surface area contributed by atoms with Crippen molar-refractivity contribution in [2.24, 2.45) is 0 Å². The Morgan fingerprint density at radius 1 is 1.25 bits per heavy atom. The predicted octanol–water partition coefficient (Wildman–Crippen LogP) is 2.21.